The van der Waals surface area contributed by atoms with Crippen LogP contribution >= 0.6 is 0 Å². The molecule has 134 valence electrons. The number of rotatable bonds is 6. The van der Waals surface area contributed by atoms with E-state index in [1.807, 2.05) is 0 Å². The van der Waals surface area contributed by atoms with E-state index in [1.165, 1.54) is 12.1 Å². The van der Waals surface area contributed by atoms with E-state index in [4.69, 9.17) is 5.11 Å². The van der Waals surface area contributed by atoms with Gasteiger partial charge in [0, 0.05) is 13.1 Å². The molecule has 1 aromatic carbocycles. The quantitative estimate of drug-likeness (QED) is 0.816. The number of benzene rings is 1. The van der Waals surface area contributed by atoms with Gasteiger partial charge in [-0.3, -0.25) is 0 Å². The second-order valence-corrected chi connectivity index (χ2v) is 8.38. The molecule has 0 unspecified atom stereocenters. The smallest absolute Gasteiger partial charge is 0.335 e. The van der Waals surface area contributed by atoms with Crippen molar-refractivity contribution >= 4 is 16.0 Å². The van der Waals surface area contributed by atoms with E-state index in [9.17, 15) is 13.2 Å². The molecule has 0 aliphatic carbocycles. The highest BCUT2D eigenvalue weighted by atomic mass is 32.2. The largest absolute Gasteiger partial charge is 0.478 e. The van der Waals surface area contributed by atoms with Crippen molar-refractivity contribution in [1.82, 2.24) is 9.62 Å². The number of likely N-dealkylation sites (tertiary alicyclic amines) is 1. The Morgan fingerprint density at radius 3 is 2.50 bits per heavy atom. The molecule has 0 radical (unpaired) electrons. The van der Waals surface area contributed by atoms with Gasteiger partial charge in [-0.2, -0.15) is 0 Å². The Balaban J connectivity index is 2.06. The van der Waals surface area contributed by atoms with Crippen LogP contribution in [0.2, 0.25) is 0 Å². The zero-order valence-electron chi connectivity index (χ0n) is 14.5. The van der Waals surface area contributed by atoms with Crippen molar-refractivity contribution < 1.29 is 18.3 Å². The van der Waals surface area contributed by atoms with Crippen LogP contribution in [0.1, 0.15) is 41.3 Å². The van der Waals surface area contributed by atoms with Gasteiger partial charge < -0.3 is 10.0 Å². The summed E-state index contributed by atoms with van der Waals surface area (Å²) >= 11 is 0. The first-order chi connectivity index (χ1) is 11.2. The summed E-state index contributed by atoms with van der Waals surface area (Å²) in [6.45, 7) is 8.64. The highest BCUT2D eigenvalue weighted by molar-refractivity contribution is 7.89. The first-order valence-corrected chi connectivity index (χ1v) is 9.75. The molecule has 1 fully saturated rings. The van der Waals surface area contributed by atoms with Gasteiger partial charge in [0.2, 0.25) is 10.0 Å². The Morgan fingerprint density at radius 2 is 1.92 bits per heavy atom. The maximum absolute atomic E-state index is 12.6. The topological polar surface area (TPSA) is 86.7 Å². The molecule has 0 atom stereocenters. The van der Waals surface area contributed by atoms with E-state index in [-0.39, 0.29) is 10.5 Å². The van der Waals surface area contributed by atoms with E-state index < -0.39 is 16.0 Å². The van der Waals surface area contributed by atoms with Crippen LogP contribution in [0.3, 0.4) is 0 Å². The minimum atomic E-state index is -3.72. The number of hydrogen-bond donors (Lipinski definition) is 2. The molecule has 1 heterocycles. The number of carboxylic acid groups (broad SMARTS) is 1. The molecule has 24 heavy (non-hydrogen) atoms. The summed E-state index contributed by atoms with van der Waals surface area (Å²) in [4.78, 5) is 13.5. The normalized spacial score (nSPS) is 17.1. The molecule has 1 aromatic rings. The number of carbonyl (C=O) groups is 1. The Hall–Kier alpha value is -1.44. The van der Waals surface area contributed by atoms with E-state index in [0.717, 1.165) is 31.8 Å². The van der Waals surface area contributed by atoms with Crippen LogP contribution in [-0.4, -0.2) is 50.6 Å². The highest BCUT2D eigenvalue weighted by Crippen LogP contribution is 2.21. The number of nitrogens with zero attached hydrogens (tertiary/aromatic N) is 1. The molecule has 6 nitrogen and oxygen atoms in total. The van der Waals surface area contributed by atoms with Gasteiger partial charge in [-0.15, -0.1) is 0 Å². The van der Waals surface area contributed by atoms with Crippen molar-refractivity contribution in [3.63, 3.8) is 0 Å². The molecular formula is C17H26N2O4S. The summed E-state index contributed by atoms with van der Waals surface area (Å²) in [5.74, 6) is -0.390. The third kappa shape index (κ3) is 4.55. The van der Waals surface area contributed by atoms with Crippen molar-refractivity contribution in [2.24, 2.45) is 5.92 Å². The van der Waals surface area contributed by atoms with Gasteiger partial charge in [-0.05, 0) is 69.0 Å². The van der Waals surface area contributed by atoms with Crippen molar-refractivity contribution in [1.29, 1.82) is 0 Å². The fourth-order valence-corrected chi connectivity index (χ4v) is 4.29. The SMILES string of the molecule is Cc1cc(C(=O)O)cc(S(=O)(=O)NCCN2CCC(C)CC2)c1C. The molecule has 0 saturated carbocycles. The van der Waals surface area contributed by atoms with Gasteiger partial charge in [0.25, 0.3) is 0 Å². The summed E-state index contributed by atoms with van der Waals surface area (Å²) in [6, 6.07) is 2.72. The summed E-state index contributed by atoms with van der Waals surface area (Å²) in [5.41, 5.74) is 1.23. The maximum atomic E-state index is 12.6. The molecule has 0 spiro atoms. The molecule has 1 saturated heterocycles. The monoisotopic (exact) mass is 354 g/mol. The van der Waals surface area contributed by atoms with Crippen molar-refractivity contribution in [3.8, 4) is 0 Å². The third-order valence-corrected chi connectivity index (χ3v) is 6.34. The predicted molar refractivity (Wildman–Crippen MR) is 92.9 cm³/mol. The lowest BCUT2D eigenvalue weighted by Gasteiger charge is -2.30. The lowest BCUT2D eigenvalue weighted by molar-refractivity contribution is 0.0696. The Bertz CT molecular complexity index is 708. The molecule has 0 aromatic heterocycles. The lowest BCUT2D eigenvalue weighted by atomic mass is 9.99. The minimum Gasteiger partial charge on any atom is -0.478 e. The van der Waals surface area contributed by atoms with E-state index in [1.54, 1.807) is 13.8 Å². The number of aromatic carboxylic acids is 1. The van der Waals surface area contributed by atoms with Crippen LogP contribution in [0.25, 0.3) is 0 Å². The average Bonchev–Trinajstić information content (AvgIpc) is 2.51. The zero-order valence-corrected chi connectivity index (χ0v) is 15.3. The molecule has 0 bridgehead atoms. The number of piperidine rings is 1. The van der Waals surface area contributed by atoms with E-state index >= 15 is 0 Å². The number of carboxylic acids is 1. The van der Waals surface area contributed by atoms with Gasteiger partial charge in [-0.1, -0.05) is 6.92 Å². The Kier molecular flexibility index (Phi) is 6.01. The molecule has 2 rings (SSSR count). The standard InChI is InChI=1S/C17H26N2O4S/c1-12-4-7-19(8-5-12)9-6-18-24(22,23)16-11-15(17(20)21)10-13(2)14(16)3/h10-12,18H,4-9H2,1-3H3,(H,20,21). The van der Waals surface area contributed by atoms with E-state index in [2.05, 4.69) is 16.5 Å². The van der Waals surface area contributed by atoms with Gasteiger partial charge in [0.1, 0.15) is 0 Å². The Labute approximate surface area is 143 Å². The van der Waals surface area contributed by atoms with Gasteiger partial charge in [0.05, 0.1) is 10.5 Å². The summed E-state index contributed by atoms with van der Waals surface area (Å²) in [7, 11) is -3.72. The molecule has 1 aliphatic heterocycles. The molecule has 7 heteroatoms. The van der Waals surface area contributed by atoms with Crippen LogP contribution in [-0.2, 0) is 10.0 Å². The second kappa shape index (κ2) is 7.63. The van der Waals surface area contributed by atoms with Gasteiger partial charge >= 0.3 is 5.97 Å². The fraction of sp³-hybridized carbons (Fsp3) is 0.588. The molecule has 1 aliphatic rings. The minimum absolute atomic E-state index is 0.0107. The molecule has 0 amide bonds. The number of sulfonamides is 1. The number of hydrogen-bond acceptors (Lipinski definition) is 4. The van der Waals surface area contributed by atoms with Crippen molar-refractivity contribution in [2.45, 2.75) is 38.5 Å². The van der Waals surface area contributed by atoms with Crippen LogP contribution < -0.4 is 4.72 Å². The van der Waals surface area contributed by atoms with Crippen LogP contribution in [0, 0.1) is 19.8 Å². The lowest BCUT2D eigenvalue weighted by Crippen LogP contribution is -2.39. The maximum Gasteiger partial charge on any atom is 0.335 e. The van der Waals surface area contributed by atoms with Crippen molar-refractivity contribution in [3.05, 3.63) is 28.8 Å². The Morgan fingerprint density at radius 1 is 1.29 bits per heavy atom. The highest BCUT2D eigenvalue weighted by Gasteiger charge is 2.21. The summed E-state index contributed by atoms with van der Waals surface area (Å²) < 4.78 is 27.7. The second-order valence-electron chi connectivity index (χ2n) is 6.64. The molecule has 2 N–H and O–H groups in total. The zero-order chi connectivity index (χ0) is 17.9. The first kappa shape index (κ1) is 18.9. The van der Waals surface area contributed by atoms with Crippen LogP contribution in [0.5, 0.6) is 0 Å². The predicted octanol–water partition coefficient (Wildman–Crippen LogP) is 2.01. The van der Waals surface area contributed by atoms with Crippen LogP contribution in [0.15, 0.2) is 17.0 Å². The summed E-state index contributed by atoms with van der Waals surface area (Å²) in [6.07, 6.45) is 2.29. The third-order valence-electron chi connectivity index (χ3n) is 4.75. The first-order valence-electron chi connectivity index (χ1n) is 8.27. The van der Waals surface area contributed by atoms with Crippen LogP contribution in [0.4, 0.5) is 0 Å². The van der Waals surface area contributed by atoms with Crippen molar-refractivity contribution in [2.75, 3.05) is 26.2 Å². The van der Waals surface area contributed by atoms with Gasteiger partial charge in [-0.25, -0.2) is 17.9 Å². The molecular weight excluding hydrogens is 328 g/mol. The summed E-state index contributed by atoms with van der Waals surface area (Å²) in [5, 5.41) is 9.14. The number of nitrogens with one attached hydrogen (secondary N) is 1. The fourth-order valence-electron chi connectivity index (χ4n) is 2.93. The number of aryl methyl sites for hydroxylation is 1. The van der Waals surface area contributed by atoms with E-state index in [0.29, 0.717) is 24.2 Å². The van der Waals surface area contributed by atoms with Gasteiger partial charge in [0.15, 0.2) is 0 Å². The average molecular weight is 354 g/mol.